The molecule has 0 fully saturated rings. The van der Waals surface area contributed by atoms with Gasteiger partial charge in [0.2, 0.25) is 5.91 Å². The number of rotatable bonds is 5. The predicted octanol–water partition coefficient (Wildman–Crippen LogP) is 0.652. The van der Waals surface area contributed by atoms with E-state index in [0.717, 1.165) is 5.69 Å². The van der Waals surface area contributed by atoms with Crippen LogP contribution in [-0.2, 0) is 4.79 Å². The van der Waals surface area contributed by atoms with Crippen molar-refractivity contribution >= 4 is 28.8 Å². The van der Waals surface area contributed by atoms with E-state index in [1.807, 2.05) is 6.92 Å². The van der Waals surface area contributed by atoms with E-state index in [2.05, 4.69) is 15.6 Å². The van der Waals surface area contributed by atoms with Crippen molar-refractivity contribution in [3.8, 4) is 0 Å². The molecular formula is C11H16N4OS. The van der Waals surface area contributed by atoms with Crippen molar-refractivity contribution in [3.63, 3.8) is 0 Å². The first kappa shape index (κ1) is 13.4. The third-order valence-electron chi connectivity index (χ3n) is 2.14. The third kappa shape index (κ3) is 3.99. The van der Waals surface area contributed by atoms with Crippen LogP contribution in [0.25, 0.3) is 0 Å². The first-order valence-corrected chi connectivity index (χ1v) is 5.75. The van der Waals surface area contributed by atoms with Crippen molar-refractivity contribution < 1.29 is 4.79 Å². The maximum Gasteiger partial charge on any atom is 0.242 e. The average molecular weight is 252 g/mol. The number of hydrogen-bond acceptors (Lipinski definition) is 4. The molecule has 92 valence electrons. The molecule has 1 heterocycles. The fourth-order valence-corrected chi connectivity index (χ4v) is 1.39. The van der Waals surface area contributed by atoms with Gasteiger partial charge in [0.1, 0.15) is 11.0 Å². The highest BCUT2D eigenvalue weighted by Crippen LogP contribution is 2.07. The Kier molecular flexibility index (Phi) is 4.84. The van der Waals surface area contributed by atoms with Gasteiger partial charge in [0.05, 0.1) is 17.6 Å². The van der Waals surface area contributed by atoms with Gasteiger partial charge in [-0.15, -0.1) is 0 Å². The van der Waals surface area contributed by atoms with Crippen LogP contribution in [0.5, 0.6) is 0 Å². The summed E-state index contributed by atoms with van der Waals surface area (Å²) in [5.41, 5.74) is 6.76. The van der Waals surface area contributed by atoms with Crippen LogP contribution < -0.4 is 16.4 Å². The second-order valence-electron chi connectivity index (χ2n) is 3.56. The molecule has 0 aliphatic carbocycles. The molecule has 0 aliphatic rings. The number of nitrogens with zero attached hydrogens (tertiary/aromatic N) is 1. The fraction of sp³-hybridized carbons (Fsp3) is 0.364. The van der Waals surface area contributed by atoms with Crippen LogP contribution in [0.2, 0.25) is 0 Å². The molecule has 0 bridgehead atoms. The molecule has 0 aromatic carbocycles. The van der Waals surface area contributed by atoms with E-state index in [0.29, 0.717) is 12.2 Å². The summed E-state index contributed by atoms with van der Waals surface area (Å²) >= 11 is 4.80. The number of nitrogens with two attached hydrogens (primary N) is 1. The molecular weight excluding hydrogens is 236 g/mol. The minimum Gasteiger partial charge on any atom is -0.388 e. The highest BCUT2D eigenvalue weighted by atomic mass is 32.1. The summed E-state index contributed by atoms with van der Waals surface area (Å²) in [7, 11) is 0. The normalized spacial score (nSPS) is 11.6. The largest absolute Gasteiger partial charge is 0.388 e. The number of anilines is 1. The van der Waals surface area contributed by atoms with E-state index >= 15 is 0 Å². The molecule has 4 N–H and O–H groups in total. The van der Waals surface area contributed by atoms with E-state index in [-0.39, 0.29) is 16.9 Å². The maximum absolute atomic E-state index is 11.5. The Hall–Kier alpha value is -1.69. The molecule has 0 radical (unpaired) electrons. The molecule has 0 aliphatic heterocycles. The Morgan fingerprint density at radius 3 is 2.76 bits per heavy atom. The number of nitrogens with one attached hydrogen (secondary N) is 2. The summed E-state index contributed by atoms with van der Waals surface area (Å²) in [6.07, 6.45) is 1.60. The highest BCUT2D eigenvalue weighted by Gasteiger charge is 2.11. The van der Waals surface area contributed by atoms with Gasteiger partial charge in [-0.05, 0) is 26.0 Å². The molecule has 1 aromatic heterocycles. The van der Waals surface area contributed by atoms with E-state index in [4.69, 9.17) is 18.0 Å². The van der Waals surface area contributed by atoms with E-state index in [1.165, 1.54) is 0 Å². The van der Waals surface area contributed by atoms with Gasteiger partial charge in [-0.25, -0.2) is 0 Å². The number of likely N-dealkylation sites (N-methyl/N-ethyl adjacent to an activating group) is 1. The number of thiocarbonyl (C=S) groups is 1. The second kappa shape index (κ2) is 6.15. The van der Waals surface area contributed by atoms with Crippen LogP contribution in [0.3, 0.4) is 0 Å². The maximum atomic E-state index is 11.5. The SMILES string of the molecule is CCNC(=O)C(C)Nc1ccc(C(N)=S)nc1. The van der Waals surface area contributed by atoms with Gasteiger partial charge in [0, 0.05) is 6.54 Å². The van der Waals surface area contributed by atoms with Crippen molar-refractivity contribution in [2.45, 2.75) is 19.9 Å². The zero-order valence-corrected chi connectivity index (χ0v) is 10.7. The van der Waals surface area contributed by atoms with Gasteiger partial charge in [0.15, 0.2) is 0 Å². The molecule has 17 heavy (non-hydrogen) atoms. The van der Waals surface area contributed by atoms with E-state index in [1.54, 1.807) is 25.3 Å². The Bertz CT molecular complexity index is 404. The number of hydrogen-bond donors (Lipinski definition) is 3. The van der Waals surface area contributed by atoms with Crippen molar-refractivity contribution in [1.29, 1.82) is 0 Å². The smallest absolute Gasteiger partial charge is 0.242 e. The molecule has 0 saturated carbocycles. The summed E-state index contributed by atoms with van der Waals surface area (Å²) in [4.78, 5) is 15.8. The van der Waals surface area contributed by atoms with E-state index < -0.39 is 0 Å². The molecule has 1 unspecified atom stereocenters. The number of aromatic nitrogens is 1. The molecule has 1 atom stereocenters. The molecule has 5 nitrogen and oxygen atoms in total. The van der Waals surface area contributed by atoms with Crippen LogP contribution in [0, 0.1) is 0 Å². The topological polar surface area (TPSA) is 80.0 Å². The van der Waals surface area contributed by atoms with Crippen LogP contribution >= 0.6 is 12.2 Å². The summed E-state index contributed by atoms with van der Waals surface area (Å²) in [6, 6.07) is 3.19. The second-order valence-corrected chi connectivity index (χ2v) is 4.00. The van der Waals surface area contributed by atoms with Crippen LogP contribution in [0.15, 0.2) is 18.3 Å². The Morgan fingerprint density at radius 1 is 1.59 bits per heavy atom. The first-order chi connectivity index (χ1) is 8.04. The Balaban J connectivity index is 2.63. The predicted molar refractivity (Wildman–Crippen MR) is 71.9 cm³/mol. The van der Waals surface area contributed by atoms with E-state index in [9.17, 15) is 4.79 Å². The lowest BCUT2D eigenvalue weighted by atomic mass is 10.2. The number of carbonyl (C=O) groups excluding carboxylic acids is 1. The van der Waals surface area contributed by atoms with Crippen LogP contribution in [-0.4, -0.2) is 28.5 Å². The van der Waals surface area contributed by atoms with Crippen molar-refractivity contribution in [3.05, 3.63) is 24.0 Å². The van der Waals surface area contributed by atoms with Crippen LogP contribution in [0.1, 0.15) is 19.5 Å². The lowest BCUT2D eigenvalue weighted by Gasteiger charge is -2.14. The average Bonchev–Trinajstić information content (AvgIpc) is 2.30. The van der Waals surface area contributed by atoms with Gasteiger partial charge in [-0.1, -0.05) is 12.2 Å². The number of amides is 1. The number of pyridine rings is 1. The zero-order chi connectivity index (χ0) is 12.8. The quantitative estimate of drug-likeness (QED) is 0.671. The van der Waals surface area contributed by atoms with Gasteiger partial charge in [0.25, 0.3) is 0 Å². The summed E-state index contributed by atoms with van der Waals surface area (Å²) < 4.78 is 0. The Labute approximate surface area is 106 Å². The number of carbonyl (C=O) groups is 1. The highest BCUT2D eigenvalue weighted by molar-refractivity contribution is 7.80. The lowest BCUT2D eigenvalue weighted by molar-refractivity contribution is -0.121. The molecule has 0 spiro atoms. The lowest BCUT2D eigenvalue weighted by Crippen LogP contribution is -2.37. The molecule has 1 rings (SSSR count). The van der Waals surface area contributed by atoms with Crippen molar-refractivity contribution in [1.82, 2.24) is 10.3 Å². The molecule has 6 heteroatoms. The van der Waals surface area contributed by atoms with Gasteiger partial charge in [-0.3, -0.25) is 9.78 Å². The minimum absolute atomic E-state index is 0.0501. The standard InChI is InChI=1S/C11H16N4OS/c1-3-13-11(16)7(2)15-8-4-5-9(10(12)17)14-6-8/h4-7,15H,3H2,1-2H3,(H2,12,17)(H,13,16). The summed E-state index contributed by atoms with van der Waals surface area (Å²) in [5, 5.41) is 5.77. The molecule has 0 saturated heterocycles. The monoisotopic (exact) mass is 252 g/mol. The molecule has 1 aromatic rings. The van der Waals surface area contributed by atoms with Gasteiger partial charge < -0.3 is 16.4 Å². The summed E-state index contributed by atoms with van der Waals surface area (Å²) in [5.74, 6) is -0.0501. The third-order valence-corrected chi connectivity index (χ3v) is 2.35. The van der Waals surface area contributed by atoms with Crippen molar-refractivity contribution in [2.75, 3.05) is 11.9 Å². The van der Waals surface area contributed by atoms with Crippen molar-refractivity contribution in [2.24, 2.45) is 5.73 Å². The molecule has 1 amide bonds. The van der Waals surface area contributed by atoms with Crippen LogP contribution in [0.4, 0.5) is 5.69 Å². The minimum atomic E-state index is -0.313. The zero-order valence-electron chi connectivity index (χ0n) is 9.86. The van der Waals surface area contributed by atoms with Gasteiger partial charge in [-0.2, -0.15) is 0 Å². The fourth-order valence-electron chi connectivity index (χ4n) is 1.27. The summed E-state index contributed by atoms with van der Waals surface area (Å²) in [6.45, 7) is 4.28. The van der Waals surface area contributed by atoms with Gasteiger partial charge >= 0.3 is 0 Å². The first-order valence-electron chi connectivity index (χ1n) is 5.34. The Morgan fingerprint density at radius 2 is 2.29 bits per heavy atom.